The monoisotopic (exact) mass is 350 g/mol. The van der Waals surface area contributed by atoms with Gasteiger partial charge in [-0.2, -0.15) is 0 Å². The second kappa shape index (κ2) is 7.85. The summed E-state index contributed by atoms with van der Waals surface area (Å²) >= 11 is 0. The molecule has 0 bridgehead atoms. The van der Waals surface area contributed by atoms with E-state index < -0.39 is 0 Å². The van der Waals surface area contributed by atoms with Crippen LogP contribution in [0.4, 0.5) is 5.82 Å². The molecule has 0 aromatic carbocycles. The van der Waals surface area contributed by atoms with Gasteiger partial charge >= 0.3 is 0 Å². The molecule has 2 aliphatic heterocycles. The number of carbonyl (C=O) groups excluding carboxylic acids is 1. The van der Waals surface area contributed by atoms with Gasteiger partial charge in [0.05, 0.1) is 5.92 Å². The van der Waals surface area contributed by atoms with Crippen LogP contribution in [0.3, 0.4) is 0 Å². The Morgan fingerprint density at radius 1 is 0.962 bits per heavy atom. The first-order valence-corrected chi connectivity index (χ1v) is 9.66. The third-order valence-corrected chi connectivity index (χ3v) is 5.73. The molecular formula is C21H26N4O. The van der Waals surface area contributed by atoms with E-state index in [4.69, 9.17) is 0 Å². The first kappa shape index (κ1) is 17.0. The molecule has 1 amide bonds. The minimum absolute atomic E-state index is 0.100. The Bertz CT molecular complexity index is 713. The molecule has 26 heavy (non-hydrogen) atoms. The standard InChI is InChI=1S/C21H26N4O/c26-21(19-4-3-13-25(16-19)20-5-1-2-10-23-20)24-14-8-18(9-15-24)17-6-11-22-12-7-17/h1-2,5-7,10-12,18-19H,3-4,8-9,13-16H2. The van der Waals surface area contributed by atoms with Crippen molar-refractivity contribution in [3.63, 3.8) is 0 Å². The molecule has 0 radical (unpaired) electrons. The molecule has 0 saturated carbocycles. The van der Waals surface area contributed by atoms with Gasteiger partial charge in [0.2, 0.25) is 5.91 Å². The zero-order valence-corrected chi connectivity index (χ0v) is 15.1. The van der Waals surface area contributed by atoms with Crippen molar-refractivity contribution < 1.29 is 4.79 Å². The molecule has 1 atom stereocenters. The number of hydrogen-bond acceptors (Lipinski definition) is 4. The van der Waals surface area contributed by atoms with Crippen LogP contribution >= 0.6 is 0 Å². The van der Waals surface area contributed by atoms with Crippen molar-refractivity contribution >= 4 is 11.7 Å². The molecule has 2 fully saturated rings. The van der Waals surface area contributed by atoms with E-state index in [2.05, 4.69) is 31.9 Å². The summed E-state index contributed by atoms with van der Waals surface area (Å²) in [6.07, 6.45) is 9.69. The average molecular weight is 350 g/mol. The highest BCUT2D eigenvalue weighted by molar-refractivity contribution is 5.80. The summed E-state index contributed by atoms with van der Waals surface area (Å²) in [4.78, 5) is 25.9. The average Bonchev–Trinajstić information content (AvgIpc) is 2.75. The van der Waals surface area contributed by atoms with E-state index in [-0.39, 0.29) is 5.92 Å². The molecule has 136 valence electrons. The molecule has 0 aliphatic carbocycles. The molecule has 2 aliphatic rings. The van der Waals surface area contributed by atoms with Gasteiger partial charge in [-0.1, -0.05) is 6.07 Å². The maximum absolute atomic E-state index is 13.0. The van der Waals surface area contributed by atoms with E-state index in [1.54, 1.807) is 0 Å². The SMILES string of the molecule is O=C(C1CCCN(c2ccccn2)C1)N1CCC(c2ccncc2)CC1. The zero-order chi connectivity index (χ0) is 17.8. The van der Waals surface area contributed by atoms with Gasteiger partial charge in [0, 0.05) is 44.8 Å². The molecule has 4 heterocycles. The normalized spacial score (nSPS) is 21.6. The molecule has 0 N–H and O–H groups in total. The van der Waals surface area contributed by atoms with E-state index >= 15 is 0 Å². The second-order valence-corrected chi connectivity index (χ2v) is 7.35. The summed E-state index contributed by atoms with van der Waals surface area (Å²) in [7, 11) is 0. The fourth-order valence-corrected chi connectivity index (χ4v) is 4.25. The minimum atomic E-state index is 0.100. The second-order valence-electron chi connectivity index (χ2n) is 7.35. The Balaban J connectivity index is 1.35. The number of carbonyl (C=O) groups is 1. The van der Waals surface area contributed by atoms with Crippen LogP contribution in [0.25, 0.3) is 0 Å². The van der Waals surface area contributed by atoms with Gasteiger partial charge in [0.25, 0.3) is 0 Å². The van der Waals surface area contributed by atoms with Crippen LogP contribution in [0, 0.1) is 5.92 Å². The summed E-state index contributed by atoms with van der Waals surface area (Å²) in [5.74, 6) is 1.97. The van der Waals surface area contributed by atoms with Crippen LogP contribution in [0.2, 0.25) is 0 Å². The molecule has 0 spiro atoms. The predicted octanol–water partition coefficient (Wildman–Crippen LogP) is 3.10. The van der Waals surface area contributed by atoms with Crippen LogP contribution in [0.15, 0.2) is 48.9 Å². The van der Waals surface area contributed by atoms with Crippen molar-refractivity contribution in [2.45, 2.75) is 31.6 Å². The lowest BCUT2D eigenvalue weighted by molar-refractivity contribution is -0.136. The largest absolute Gasteiger partial charge is 0.356 e. The molecule has 5 nitrogen and oxygen atoms in total. The highest BCUT2D eigenvalue weighted by Crippen LogP contribution is 2.29. The van der Waals surface area contributed by atoms with Crippen LogP contribution in [0.1, 0.15) is 37.2 Å². The van der Waals surface area contributed by atoms with E-state index in [0.29, 0.717) is 11.8 Å². The fourth-order valence-electron chi connectivity index (χ4n) is 4.25. The van der Waals surface area contributed by atoms with Gasteiger partial charge < -0.3 is 9.80 Å². The van der Waals surface area contributed by atoms with Crippen molar-refractivity contribution in [3.05, 3.63) is 54.5 Å². The van der Waals surface area contributed by atoms with Gasteiger partial charge in [-0.3, -0.25) is 9.78 Å². The molecule has 1 unspecified atom stereocenters. The summed E-state index contributed by atoms with van der Waals surface area (Å²) in [5, 5.41) is 0. The highest BCUT2D eigenvalue weighted by Gasteiger charge is 2.32. The Morgan fingerprint density at radius 3 is 2.50 bits per heavy atom. The van der Waals surface area contributed by atoms with Gasteiger partial charge in [0.15, 0.2) is 0 Å². The number of aromatic nitrogens is 2. The fraction of sp³-hybridized carbons (Fsp3) is 0.476. The number of amides is 1. The van der Waals surface area contributed by atoms with E-state index in [1.165, 1.54) is 5.56 Å². The van der Waals surface area contributed by atoms with E-state index in [9.17, 15) is 4.79 Å². The van der Waals surface area contributed by atoms with Crippen molar-refractivity contribution in [2.24, 2.45) is 5.92 Å². The van der Waals surface area contributed by atoms with Crippen molar-refractivity contribution in [1.82, 2.24) is 14.9 Å². The summed E-state index contributed by atoms with van der Waals surface area (Å²) in [5.41, 5.74) is 1.35. The van der Waals surface area contributed by atoms with E-state index in [1.807, 2.05) is 36.8 Å². The summed E-state index contributed by atoms with van der Waals surface area (Å²) in [6.45, 7) is 3.52. The number of anilines is 1. The van der Waals surface area contributed by atoms with Gasteiger partial charge in [-0.05, 0) is 61.4 Å². The molecule has 5 heteroatoms. The van der Waals surface area contributed by atoms with Crippen molar-refractivity contribution in [2.75, 3.05) is 31.1 Å². The van der Waals surface area contributed by atoms with Crippen LogP contribution in [-0.2, 0) is 4.79 Å². The quantitative estimate of drug-likeness (QED) is 0.853. The third-order valence-electron chi connectivity index (χ3n) is 5.73. The Labute approximate surface area is 155 Å². The van der Waals surface area contributed by atoms with E-state index in [0.717, 1.165) is 57.7 Å². The zero-order valence-electron chi connectivity index (χ0n) is 15.1. The number of rotatable bonds is 3. The number of likely N-dealkylation sites (tertiary alicyclic amines) is 1. The van der Waals surface area contributed by atoms with Crippen molar-refractivity contribution in [3.8, 4) is 0 Å². The van der Waals surface area contributed by atoms with Crippen LogP contribution < -0.4 is 4.90 Å². The van der Waals surface area contributed by atoms with Crippen LogP contribution in [0.5, 0.6) is 0 Å². The maximum atomic E-state index is 13.0. The number of pyridine rings is 2. The predicted molar refractivity (Wildman–Crippen MR) is 102 cm³/mol. The summed E-state index contributed by atoms with van der Waals surface area (Å²) < 4.78 is 0. The number of piperidine rings is 2. The number of hydrogen-bond donors (Lipinski definition) is 0. The number of nitrogens with zero attached hydrogens (tertiary/aromatic N) is 4. The topological polar surface area (TPSA) is 49.3 Å². The Morgan fingerprint density at radius 2 is 1.77 bits per heavy atom. The van der Waals surface area contributed by atoms with Gasteiger partial charge in [-0.15, -0.1) is 0 Å². The Hall–Kier alpha value is -2.43. The molecular weight excluding hydrogens is 324 g/mol. The first-order valence-electron chi connectivity index (χ1n) is 9.66. The van der Waals surface area contributed by atoms with Crippen LogP contribution in [-0.4, -0.2) is 47.0 Å². The van der Waals surface area contributed by atoms with Gasteiger partial charge in [-0.25, -0.2) is 4.98 Å². The lowest BCUT2D eigenvalue weighted by atomic mass is 9.89. The lowest BCUT2D eigenvalue weighted by Crippen LogP contribution is -2.47. The Kier molecular flexibility index (Phi) is 5.14. The minimum Gasteiger partial charge on any atom is -0.356 e. The molecule has 2 aromatic heterocycles. The lowest BCUT2D eigenvalue weighted by Gasteiger charge is -2.38. The molecule has 2 aromatic rings. The molecule has 2 saturated heterocycles. The highest BCUT2D eigenvalue weighted by atomic mass is 16.2. The smallest absolute Gasteiger partial charge is 0.227 e. The summed E-state index contributed by atoms with van der Waals surface area (Å²) in [6, 6.07) is 10.2. The maximum Gasteiger partial charge on any atom is 0.227 e. The van der Waals surface area contributed by atoms with Crippen molar-refractivity contribution in [1.29, 1.82) is 0 Å². The molecule has 4 rings (SSSR count). The first-order chi connectivity index (χ1) is 12.8. The van der Waals surface area contributed by atoms with Gasteiger partial charge in [0.1, 0.15) is 5.82 Å². The third kappa shape index (κ3) is 3.71.